The van der Waals surface area contributed by atoms with Gasteiger partial charge in [0.2, 0.25) is 0 Å². The molecule has 1 aromatic heterocycles. The summed E-state index contributed by atoms with van der Waals surface area (Å²) < 4.78 is 16.6. The lowest BCUT2D eigenvalue weighted by molar-refractivity contribution is -0.0764. The van der Waals surface area contributed by atoms with Crippen molar-refractivity contribution in [2.75, 3.05) is 44.1 Å². The Hall–Kier alpha value is -3.29. The molecule has 0 fully saturated rings. The summed E-state index contributed by atoms with van der Waals surface area (Å²) in [5, 5.41) is 13.5. The molecule has 33 heavy (non-hydrogen) atoms. The van der Waals surface area contributed by atoms with Gasteiger partial charge in [0.1, 0.15) is 11.5 Å². The van der Waals surface area contributed by atoms with Crippen LogP contribution in [0, 0.1) is 0 Å². The molecule has 2 heterocycles. The molecule has 7 nitrogen and oxygen atoms in total. The predicted molar refractivity (Wildman–Crippen MR) is 130 cm³/mol. The van der Waals surface area contributed by atoms with E-state index < -0.39 is 6.29 Å². The van der Waals surface area contributed by atoms with E-state index in [-0.39, 0.29) is 5.92 Å². The van der Waals surface area contributed by atoms with E-state index in [9.17, 15) is 5.11 Å². The van der Waals surface area contributed by atoms with Gasteiger partial charge in [0.25, 0.3) is 0 Å². The van der Waals surface area contributed by atoms with Gasteiger partial charge < -0.3 is 29.5 Å². The molecule has 1 aliphatic rings. The van der Waals surface area contributed by atoms with E-state index in [2.05, 4.69) is 45.5 Å². The number of ether oxygens (including phenoxy) is 3. The van der Waals surface area contributed by atoms with Crippen molar-refractivity contribution in [1.82, 2.24) is 4.98 Å². The van der Waals surface area contributed by atoms with E-state index in [1.807, 2.05) is 26.1 Å². The van der Waals surface area contributed by atoms with Gasteiger partial charge in [-0.3, -0.25) is 4.98 Å². The van der Waals surface area contributed by atoms with E-state index in [0.29, 0.717) is 25.3 Å². The summed E-state index contributed by atoms with van der Waals surface area (Å²) in [5.41, 5.74) is 4.76. The van der Waals surface area contributed by atoms with Gasteiger partial charge in [-0.15, -0.1) is 0 Å². The van der Waals surface area contributed by atoms with Crippen LogP contribution in [0.25, 0.3) is 0 Å². The molecule has 0 saturated heterocycles. The Kier molecular flexibility index (Phi) is 7.32. The van der Waals surface area contributed by atoms with Crippen molar-refractivity contribution < 1.29 is 19.3 Å². The molecule has 0 aliphatic carbocycles. The quantitative estimate of drug-likeness (QED) is 0.452. The molecule has 0 spiro atoms. The van der Waals surface area contributed by atoms with Gasteiger partial charge in [-0.25, -0.2) is 0 Å². The number of methoxy groups -OCH3 is 1. The summed E-state index contributed by atoms with van der Waals surface area (Å²) in [6.45, 7) is 4.01. The third-order valence-corrected chi connectivity index (χ3v) is 5.97. The topological polar surface area (TPSA) is 76.1 Å². The predicted octanol–water partition coefficient (Wildman–Crippen LogP) is 4.86. The van der Waals surface area contributed by atoms with Gasteiger partial charge in [0.15, 0.2) is 6.29 Å². The fraction of sp³-hybridized carbons (Fsp3) is 0.346. The molecule has 2 atom stereocenters. The van der Waals surface area contributed by atoms with E-state index in [0.717, 1.165) is 35.0 Å². The van der Waals surface area contributed by atoms with Crippen LogP contribution in [-0.2, 0) is 4.74 Å². The number of hydrogen-bond acceptors (Lipinski definition) is 7. The monoisotopic (exact) mass is 449 g/mol. The highest BCUT2D eigenvalue weighted by atomic mass is 16.6. The molecule has 7 heteroatoms. The summed E-state index contributed by atoms with van der Waals surface area (Å²) in [4.78, 5) is 6.31. The molecule has 0 saturated carbocycles. The fourth-order valence-electron chi connectivity index (χ4n) is 4.08. The zero-order chi connectivity index (χ0) is 23.2. The minimum absolute atomic E-state index is 0.284. The smallest absolute Gasteiger partial charge is 0.182 e. The molecule has 2 N–H and O–H groups in total. The molecule has 0 amide bonds. The second-order valence-electron chi connectivity index (χ2n) is 7.97. The van der Waals surface area contributed by atoms with Gasteiger partial charge in [-0.05, 0) is 55.3 Å². The third kappa shape index (κ3) is 5.21. The highest BCUT2D eigenvalue weighted by molar-refractivity contribution is 5.66. The molecular formula is C26H31N3O4. The van der Waals surface area contributed by atoms with Crippen molar-refractivity contribution in [1.29, 1.82) is 0 Å². The maximum atomic E-state index is 10.1. The van der Waals surface area contributed by atoms with Crippen LogP contribution in [0.3, 0.4) is 0 Å². The number of anilines is 3. The van der Waals surface area contributed by atoms with Crippen LogP contribution in [0.15, 0.2) is 60.9 Å². The van der Waals surface area contributed by atoms with Gasteiger partial charge in [0, 0.05) is 55.8 Å². The summed E-state index contributed by atoms with van der Waals surface area (Å²) in [6.07, 6.45) is 3.29. The Morgan fingerprint density at radius 1 is 1.18 bits per heavy atom. The number of benzene rings is 2. The molecule has 1 aliphatic heterocycles. The van der Waals surface area contributed by atoms with Crippen molar-refractivity contribution in [2.45, 2.75) is 25.6 Å². The van der Waals surface area contributed by atoms with E-state index in [1.54, 1.807) is 18.5 Å². The summed E-state index contributed by atoms with van der Waals surface area (Å²) in [5.74, 6) is 2.06. The summed E-state index contributed by atoms with van der Waals surface area (Å²) in [6, 6.07) is 16.2. The zero-order valence-corrected chi connectivity index (χ0v) is 19.3. The number of pyridine rings is 1. The summed E-state index contributed by atoms with van der Waals surface area (Å²) >= 11 is 0. The number of hydrogen-bond donors (Lipinski definition) is 2. The van der Waals surface area contributed by atoms with Gasteiger partial charge in [-0.1, -0.05) is 6.07 Å². The van der Waals surface area contributed by atoms with Crippen molar-refractivity contribution in [3.05, 3.63) is 72.1 Å². The SMILES string of the molecule is CCOc1ccc(N(C)c2ccc3c(c2)OCC[C@H]3CNc2cnccc2C(O)OC)cc1. The lowest BCUT2D eigenvalue weighted by Gasteiger charge is -2.29. The Labute approximate surface area is 194 Å². The van der Waals surface area contributed by atoms with Crippen LogP contribution in [0.2, 0.25) is 0 Å². The average Bonchev–Trinajstić information content (AvgIpc) is 2.87. The molecule has 1 unspecified atom stereocenters. The Morgan fingerprint density at radius 3 is 2.73 bits per heavy atom. The number of fused-ring (bicyclic) bond motifs is 1. The highest BCUT2D eigenvalue weighted by Crippen LogP contribution is 2.38. The zero-order valence-electron chi connectivity index (χ0n) is 19.3. The van der Waals surface area contributed by atoms with Gasteiger partial charge in [0.05, 0.1) is 25.1 Å². The number of nitrogens with zero attached hydrogens (tertiary/aromatic N) is 2. The molecule has 174 valence electrons. The maximum Gasteiger partial charge on any atom is 0.182 e. The fourth-order valence-corrected chi connectivity index (χ4v) is 4.08. The number of aliphatic hydroxyl groups is 1. The second-order valence-corrected chi connectivity index (χ2v) is 7.97. The molecule has 3 aromatic rings. The van der Waals surface area contributed by atoms with Gasteiger partial charge >= 0.3 is 0 Å². The molecule has 0 radical (unpaired) electrons. The van der Waals surface area contributed by atoms with Crippen LogP contribution in [0.4, 0.5) is 17.1 Å². The second kappa shape index (κ2) is 10.6. The highest BCUT2D eigenvalue weighted by Gasteiger charge is 2.23. The largest absolute Gasteiger partial charge is 0.494 e. The minimum atomic E-state index is -0.988. The van der Waals surface area contributed by atoms with Crippen LogP contribution in [-0.4, -0.2) is 44.0 Å². The van der Waals surface area contributed by atoms with Gasteiger partial charge in [-0.2, -0.15) is 0 Å². The van der Waals surface area contributed by atoms with E-state index in [1.165, 1.54) is 12.7 Å². The molecule has 0 bridgehead atoms. The van der Waals surface area contributed by atoms with Crippen molar-refractivity contribution in [2.24, 2.45) is 0 Å². The minimum Gasteiger partial charge on any atom is -0.494 e. The first kappa shape index (κ1) is 22.9. The van der Waals surface area contributed by atoms with E-state index in [4.69, 9.17) is 14.2 Å². The maximum absolute atomic E-state index is 10.1. The normalized spacial score (nSPS) is 15.8. The summed E-state index contributed by atoms with van der Waals surface area (Å²) in [7, 11) is 3.52. The first-order valence-electron chi connectivity index (χ1n) is 11.2. The third-order valence-electron chi connectivity index (χ3n) is 5.97. The van der Waals surface area contributed by atoms with Crippen LogP contribution >= 0.6 is 0 Å². The lowest BCUT2D eigenvalue weighted by Crippen LogP contribution is -2.22. The Balaban J connectivity index is 1.48. The lowest BCUT2D eigenvalue weighted by atomic mass is 9.92. The first-order valence-corrected chi connectivity index (χ1v) is 11.2. The van der Waals surface area contributed by atoms with E-state index >= 15 is 0 Å². The Bertz CT molecular complexity index is 1060. The molecule has 2 aromatic carbocycles. The van der Waals surface area contributed by atoms with Crippen molar-refractivity contribution >= 4 is 17.1 Å². The number of aliphatic hydroxyl groups excluding tert-OH is 1. The Morgan fingerprint density at radius 2 is 1.97 bits per heavy atom. The number of nitrogens with one attached hydrogen (secondary N) is 1. The first-order chi connectivity index (χ1) is 16.1. The van der Waals surface area contributed by atoms with Crippen molar-refractivity contribution in [3.63, 3.8) is 0 Å². The van der Waals surface area contributed by atoms with Crippen LogP contribution < -0.4 is 19.7 Å². The standard InChI is InChI=1S/C26H31N3O4/c1-4-32-21-8-5-19(6-9-21)29(2)20-7-10-22-18(12-14-33-25(22)15-20)16-28-24-17-27-13-11-23(24)26(30)31-3/h5-11,13,15,17-18,26,28,30H,4,12,14,16H2,1-3H3/t18-,26?/m0/s1. The number of rotatable bonds is 9. The molecule has 4 rings (SSSR count). The van der Waals surface area contributed by atoms with Crippen LogP contribution in [0.1, 0.15) is 36.7 Å². The average molecular weight is 450 g/mol. The van der Waals surface area contributed by atoms with Crippen molar-refractivity contribution in [3.8, 4) is 11.5 Å². The number of aromatic nitrogens is 1. The molecular weight excluding hydrogens is 418 g/mol. The van der Waals surface area contributed by atoms with Crippen LogP contribution in [0.5, 0.6) is 11.5 Å².